The molecule has 0 aliphatic rings. The molecule has 7 heteroatoms. The zero-order chi connectivity index (χ0) is 18.4. The van der Waals surface area contributed by atoms with Crippen LogP contribution in [0.15, 0.2) is 60.9 Å². The molecule has 0 aliphatic heterocycles. The van der Waals surface area contributed by atoms with E-state index in [2.05, 4.69) is 20.6 Å². The number of halogens is 1. The molecule has 2 aromatic carbocycles. The van der Waals surface area contributed by atoms with Gasteiger partial charge in [-0.15, -0.1) is 0 Å². The van der Waals surface area contributed by atoms with E-state index in [9.17, 15) is 4.79 Å². The summed E-state index contributed by atoms with van der Waals surface area (Å²) < 4.78 is 5.12. The number of benzene rings is 2. The third-order valence-electron chi connectivity index (χ3n) is 3.61. The molecular weight excluding hydrogens is 352 g/mol. The van der Waals surface area contributed by atoms with E-state index in [4.69, 9.17) is 16.3 Å². The Balaban J connectivity index is 1.57. The number of nitrogens with zero attached hydrogens (tertiary/aromatic N) is 2. The monoisotopic (exact) mass is 368 g/mol. The van der Waals surface area contributed by atoms with Gasteiger partial charge in [-0.1, -0.05) is 23.7 Å². The number of anilines is 2. The normalized spacial score (nSPS) is 10.2. The van der Waals surface area contributed by atoms with Crippen LogP contribution in [0.25, 0.3) is 0 Å². The van der Waals surface area contributed by atoms with E-state index in [1.165, 1.54) is 12.4 Å². The van der Waals surface area contributed by atoms with Gasteiger partial charge in [-0.3, -0.25) is 4.79 Å². The second-order valence-corrected chi connectivity index (χ2v) is 5.89. The van der Waals surface area contributed by atoms with E-state index in [0.29, 0.717) is 17.4 Å². The van der Waals surface area contributed by atoms with Gasteiger partial charge in [0, 0.05) is 17.3 Å². The van der Waals surface area contributed by atoms with Crippen LogP contribution < -0.4 is 15.4 Å². The number of hydrogen-bond donors (Lipinski definition) is 2. The Morgan fingerprint density at radius 2 is 1.77 bits per heavy atom. The summed E-state index contributed by atoms with van der Waals surface area (Å²) in [6.45, 7) is 0.392. The van der Waals surface area contributed by atoms with E-state index in [-0.39, 0.29) is 11.6 Å². The third-order valence-corrected chi connectivity index (χ3v) is 3.87. The average molecular weight is 369 g/mol. The van der Waals surface area contributed by atoms with Gasteiger partial charge in [0.15, 0.2) is 0 Å². The molecule has 1 heterocycles. The number of carbonyl (C=O) groups is 1. The highest BCUT2D eigenvalue weighted by Gasteiger charge is 2.08. The minimum absolute atomic E-state index is 0.249. The fourth-order valence-electron chi connectivity index (χ4n) is 2.21. The molecule has 6 nitrogen and oxygen atoms in total. The summed E-state index contributed by atoms with van der Waals surface area (Å²) >= 11 is 5.84. The van der Waals surface area contributed by atoms with Crippen LogP contribution in [0, 0.1) is 0 Å². The second-order valence-electron chi connectivity index (χ2n) is 5.45. The summed E-state index contributed by atoms with van der Waals surface area (Å²) in [5.74, 6) is 1.03. The predicted octanol–water partition coefficient (Wildman–Crippen LogP) is 3.81. The number of carbonyl (C=O) groups excluding carboxylic acids is 1. The predicted molar refractivity (Wildman–Crippen MR) is 101 cm³/mol. The molecule has 132 valence electrons. The number of ether oxygens (including phenoxy) is 1. The molecule has 0 radical (unpaired) electrons. The summed E-state index contributed by atoms with van der Waals surface area (Å²) in [6.07, 6.45) is 2.95. The summed E-state index contributed by atoms with van der Waals surface area (Å²) in [5.41, 5.74) is 2.05. The maximum absolute atomic E-state index is 12.2. The minimum atomic E-state index is -0.288. The smallest absolute Gasteiger partial charge is 0.271 e. The SMILES string of the molecule is COc1ccc(Nc2cnc(C(=O)NCc3ccc(Cl)cc3)cn2)cc1. The van der Waals surface area contributed by atoms with Crippen molar-refractivity contribution in [1.82, 2.24) is 15.3 Å². The van der Waals surface area contributed by atoms with Crippen molar-refractivity contribution >= 4 is 29.0 Å². The number of rotatable bonds is 6. The summed E-state index contributed by atoms with van der Waals surface area (Å²) in [4.78, 5) is 20.5. The molecule has 0 bridgehead atoms. The molecule has 0 atom stereocenters. The molecule has 2 N–H and O–H groups in total. The number of aromatic nitrogens is 2. The van der Waals surface area contributed by atoms with Crippen LogP contribution >= 0.6 is 11.6 Å². The lowest BCUT2D eigenvalue weighted by Crippen LogP contribution is -2.24. The van der Waals surface area contributed by atoms with Gasteiger partial charge in [0.2, 0.25) is 0 Å². The molecule has 0 spiro atoms. The summed E-state index contributed by atoms with van der Waals surface area (Å²) in [5, 5.41) is 6.57. The Hall–Kier alpha value is -3.12. The Kier molecular flexibility index (Phi) is 5.66. The summed E-state index contributed by atoms with van der Waals surface area (Å²) in [7, 11) is 1.62. The standard InChI is InChI=1S/C19H17ClN4O2/c1-26-16-8-6-15(7-9-16)24-18-12-21-17(11-22-18)19(25)23-10-13-2-4-14(20)5-3-13/h2-9,11-12H,10H2,1H3,(H,22,24)(H,23,25). The number of amides is 1. The van der Waals surface area contributed by atoms with Crippen LogP contribution in [0.2, 0.25) is 5.02 Å². The van der Waals surface area contributed by atoms with Crippen LogP contribution in [0.3, 0.4) is 0 Å². The van der Waals surface area contributed by atoms with Crippen molar-refractivity contribution in [2.24, 2.45) is 0 Å². The highest BCUT2D eigenvalue weighted by Crippen LogP contribution is 2.18. The molecular formula is C19H17ClN4O2. The molecule has 3 aromatic rings. The number of nitrogens with one attached hydrogen (secondary N) is 2. The van der Waals surface area contributed by atoms with Crippen LogP contribution in [-0.2, 0) is 6.54 Å². The van der Waals surface area contributed by atoms with E-state index < -0.39 is 0 Å². The van der Waals surface area contributed by atoms with Crippen molar-refractivity contribution in [2.45, 2.75) is 6.54 Å². The Bertz CT molecular complexity index is 866. The Morgan fingerprint density at radius 1 is 1.04 bits per heavy atom. The van der Waals surface area contributed by atoms with Gasteiger partial charge >= 0.3 is 0 Å². The van der Waals surface area contributed by atoms with Gasteiger partial charge in [-0.05, 0) is 42.0 Å². The Morgan fingerprint density at radius 3 is 2.38 bits per heavy atom. The molecule has 0 unspecified atom stereocenters. The van der Waals surface area contributed by atoms with Crippen molar-refractivity contribution in [3.63, 3.8) is 0 Å². The maximum Gasteiger partial charge on any atom is 0.271 e. The first kappa shape index (κ1) is 17.7. The van der Waals surface area contributed by atoms with Crippen LogP contribution in [0.1, 0.15) is 16.1 Å². The summed E-state index contributed by atoms with van der Waals surface area (Å²) in [6, 6.07) is 14.7. The topological polar surface area (TPSA) is 76.1 Å². The quantitative estimate of drug-likeness (QED) is 0.691. The van der Waals surface area contributed by atoms with E-state index in [1.807, 2.05) is 36.4 Å². The number of methoxy groups -OCH3 is 1. The zero-order valence-corrected chi connectivity index (χ0v) is 14.8. The molecule has 26 heavy (non-hydrogen) atoms. The highest BCUT2D eigenvalue weighted by molar-refractivity contribution is 6.30. The van der Waals surface area contributed by atoms with Gasteiger partial charge in [0.05, 0.1) is 19.5 Å². The van der Waals surface area contributed by atoms with Crippen molar-refractivity contribution in [2.75, 3.05) is 12.4 Å². The molecule has 0 saturated carbocycles. The van der Waals surface area contributed by atoms with Crippen LogP contribution in [0.5, 0.6) is 5.75 Å². The van der Waals surface area contributed by atoms with Crippen LogP contribution in [-0.4, -0.2) is 23.0 Å². The molecule has 1 aromatic heterocycles. The molecule has 0 aliphatic carbocycles. The molecule has 0 fully saturated rings. The fraction of sp³-hybridized carbons (Fsp3) is 0.105. The average Bonchev–Trinajstić information content (AvgIpc) is 2.68. The van der Waals surface area contributed by atoms with E-state index in [1.54, 1.807) is 19.2 Å². The lowest BCUT2D eigenvalue weighted by Gasteiger charge is -2.08. The first-order valence-electron chi connectivity index (χ1n) is 7.90. The van der Waals surface area contributed by atoms with Gasteiger partial charge in [0.25, 0.3) is 5.91 Å². The zero-order valence-electron chi connectivity index (χ0n) is 14.1. The van der Waals surface area contributed by atoms with E-state index in [0.717, 1.165) is 17.0 Å². The highest BCUT2D eigenvalue weighted by atomic mass is 35.5. The minimum Gasteiger partial charge on any atom is -0.497 e. The Labute approximate surface area is 156 Å². The lowest BCUT2D eigenvalue weighted by molar-refractivity contribution is 0.0945. The lowest BCUT2D eigenvalue weighted by atomic mass is 10.2. The van der Waals surface area contributed by atoms with Crippen LogP contribution in [0.4, 0.5) is 11.5 Å². The largest absolute Gasteiger partial charge is 0.497 e. The van der Waals surface area contributed by atoms with E-state index >= 15 is 0 Å². The van der Waals surface area contributed by atoms with Gasteiger partial charge in [-0.25, -0.2) is 9.97 Å². The first-order valence-corrected chi connectivity index (χ1v) is 8.27. The maximum atomic E-state index is 12.2. The van der Waals surface area contributed by atoms with Crippen molar-refractivity contribution in [3.8, 4) is 5.75 Å². The molecule has 3 rings (SSSR count). The number of hydrogen-bond acceptors (Lipinski definition) is 5. The first-order chi connectivity index (χ1) is 12.6. The fourth-order valence-corrected chi connectivity index (χ4v) is 2.33. The molecule has 1 amide bonds. The third kappa shape index (κ3) is 4.70. The van der Waals surface area contributed by atoms with Crippen molar-refractivity contribution in [1.29, 1.82) is 0 Å². The molecule has 0 saturated heterocycles. The van der Waals surface area contributed by atoms with Gasteiger partial charge in [0.1, 0.15) is 17.3 Å². The van der Waals surface area contributed by atoms with Crippen molar-refractivity contribution in [3.05, 3.63) is 77.2 Å². The van der Waals surface area contributed by atoms with Gasteiger partial charge < -0.3 is 15.4 Å². The van der Waals surface area contributed by atoms with Gasteiger partial charge in [-0.2, -0.15) is 0 Å². The van der Waals surface area contributed by atoms with Crippen molar-refractivity contribution < 1.29 is 9.53 Å². The second kappa shape index (κ2) is 8.31.